The van der Waals surface area contributed by atoms with Crippen LogP contribution in [0.15, 0.2) is 159 Å². The number of fused-ring (bicyclic) bond motifs is 9. The maximum absolute atomic E-state index is 6.42. The van der Waals surface area contributed by atoms with Gasteiger partial charge in [0.2, 0.25) is 0 Å². The minimum atomic E-state index is 0.633. The van der Waals surface area contributed by atoms with E-state index >= 15 is 0 Å². The van der Waals surface area contributed by atoms with E-state index < -0.39 is 0 Å². The summed E-state index contributed by atoms with van der Waals surface area (Å²) in [7, 11) is 0. The molecule has 4 heteroatoms. The molecule has 0 spiro atoms. The van der Waals surface area contributed by atoms with Crippen LogP contribution in [0.25, 0.3) is 86.3 Å². The van der Waals surface area contributed by atoms with Crippen molar-refractivity contribution in [3.63, 3.8) is 0 Å². The number of rotatable bonds is 5. The molecule has 10 rings (SSSR count). The quantitative estimate of drug-likeness (QED) is 0.177. The van der Waals surface area contributed by atoms with Gasteiger partial charge in [-0.15, -0.1) is 11.3 Å². The number of aliphatic imine (C=N–C) groups is 1. The molecule has 3 nitrogen and oxygen atoms in total. The van der Waals surface area contributed by atoms with Gasteiger partial charge in [-0.2, -0.15) is 0 Å². The predicted octanol–water partition coefficient (Wildman–Crippen LogP) is 12.8. The van der Waals surface area contributed by atoms with Crippen LogP contribution in [0, 0.1) is 0 Å². The fraction of sp³-hybridized carbons (Fsp3) is 0.0227. The van der Waals surface area contributed by atoms with E-state index in [0.717, 1.165) is 60.6 Å². The van der Waals surface area contributed by atoms with Crippen LogP contribution < -0.4 is 0 Å². The van der Waals surface area contributed by atoms with Crippen molar-refractivity contribution < 1.29 is 8.83 Å². The molecule has 3 aromatic heterocycles. The second-order valence-corrected chi connectivity index (χ2v) is 13.4. The number of thiophene rings is 1. The minimum absolute atomic E-state index is 0.633. The molecule has 0 unspecified atom stereocenters. The first-order chi connectivity index (χ1) is 23.8. The van der Waals surface area contributed by atoms with E-state index in [9.17, 15) is 0 Å². The summed E-state index contributed by atoms with van der Waals surface area (Å²) in [5.41, 5.74) is 10.4. The molecule has 48 heavy (non-hydrogen) atoms. The summed E-state index contributed by atoms with van der Waals surface area (Å²) in [5, 5.41) is 7.01. The highest BCUT2D eigenvalue weighted by atomic mass is 32.1. The zero-order valence-corrected chi connectivity index (χ0v) is 26.6. The average Bonchev–Trinajstić information content (AvgIpc) is 3.82. The Bertz CT molecular complexity index is 2870. The first-order valence-electron chi connectivity index (χ1n) is 16.1. The molecule has 0 saturated heterocycles. The first kappa shape index (κ1) is 27.2. The summed E-state index contributed by atoms with van der Waals surface area (Å²) < 4.78 is 15.4. The number of hydrogen-bond donors (Lipinski definition) is 0. The van der Waals surface area contributed by atoms with Gasteiger partial charge in [0.1, 0.15) is 22.3 Å². The molecule has 0 atom stereocenters. The molecule has 0 amide bonds. The van der Waals surface area contributed by atoms with Gasteiger partial charge in [-0.05, 0) is 76.3 Å². The molecule has 7 aromatic carbocycles. The molecule has 0 aliphatic carbocycles. The van der Waals surface area contributed by atoms with E-state index in [1.807, 2.05) is 47.9 Å². The third-order valence-corrected chi connectivity index (χ3v) is 10.5. The van der Waals surface area contributed by atoms with E-state index in [0.29, 0.717) is 6.54 Å². The summed E-state index contributed by atoms with van der Waals surface area (Å²) >= 11 is 1.85. The van der Waals surface area contributed by atoms with Gasteiger partial charge in [0.25, 0.3) is 0 Å². The molecule has 0 fully saturated rings. The van der Waals surface area contributed by atoms with Crippen molar-refractivity contribution in [3.8, 4) is 22.3 Å². The zero-order valence-electron chi connectivity index (χ0n) is 25.8. The Morgan fingerprint density at radius 3 is 2.02 bits per heavy atom. The Morgan fingerprint density at radius 2 is 1.15 bits per heavy atom. The Morgan fingerprint density at radius 1 is 0.479 bits per heavy atom. The monoisotopic (exact) mass is 633 g/mol. The molecular weight excluding hydrogens is 607 g/mol. The molecule has 0 radical (unpaired) electrons. The van der Waals surface area contributed by atoms with Crippen LogP contribution in [0.2, 0.25) is 0 Å². The second kappa shape index (κ2) is 10.8. The summed E-state index contributed by atoms with van der Waals surface area (Å²) in [4.78, 5) is 4.78. The van der Waals surface area contributed by atoms with Crippen LogP contribution in [0.5, 0.6) is 0 Å². The molecule has 0 saturated carbocycles. The van der Waals surface area contributed by atoms with Gasteiger partial charge in [0.15, 0.2) is 0 Å². The van der Waals surface area contributed by atoms with Crippen LogP contribution in [0.3, 0.4) is 0 Å². The van der Waals surface area contributed by atoms with E-state index in [2.05, 4.69) is 115 Å². The van der Waals surface area contributed by atoms with Crippen molar-refractivity contribution in [2.24, 2.45) is 4.99 Å². The average molecular weight is 634 g/mol. The highest BCUT2D eigenvalue weighted by Gasteiger charge is 2.17. The summed E-state index contributed by atoms with van der Waals surface area (Å²) in [6.45, 7) is 0.633. The zero-order chi connectivity index (χ0) is 31.6. The number of benzene rings is 7. The highest BCUT2D eigenvalue weighted by Crippen LogP contribution is 2.42. The molecule has 0 N–H and O–H groups in total. The summed E-state index contributed by atoms with van der Waals surface area (Å²) in [5.74, 6) is 0. The maximum Gasteiger partial charge on any atom is 0.136 e. The summed E-state index contributed by atoms with van der Waals surface area (Å²) in [6, 6.07) is 51.4. The molecule has 10 aromatic rings. The van der Waals surface area contributed by atoms with Crippen molar-refractivity contribution in [1.29, 1.82) is 0 Å². The topological polar surface area (TPSA) is 38.6 Å². The van der Waals surface area contributed by atoms with E-state index in [1.54, 1.807) is 0 Å². The molecular formula is C44H27NO2S. The van der Waals surface area contributed by atoms with Crippen LogP contribution in [-0.4, -0.2) is 6.21 Å². The van der Waals surface area contributed by atoms with Crippen molar-refractivity contribution in [2.75, 3.05) is 0 Å². The van der Waals surface area contributed by atoms with E-state index in [-0.39, 0.29) is 0 Å². The lowest BCUT2D eigenvalue weighted by molar-refractivity contribution is 0.669. The fourth-order valence-electron chi connectivity index (χ4n) is 7.11. The van der Waals surface area contributed by atoms with Gasteiger partial charge in [-0.25, -0.2) is 0 Å². The van der Waals surface area contributed by atoms with Crippen LogP contribution >= 0.6 is 11.3 Å². The normalized spacial score (nSPS) is 12.2. The second-order valence-electron chi connectivity index (χ2n) is 12.3. The summed E-state index contributed by atoms with van der Waals surface area (Å²) in [6.07, 6.45) is 1.97. The SMILES string of the molecule is C(=NCc1ccccc1)c1cccc2oc3ccc(-c4cccc5oc6ccc(-c7ccc8c(c7)sc7ccccc78)cc6c45)cc3c12. The maximum atomic E-state index is 6.42. The smallest absolute Gasteiger partial charge is 0.136 e. The van der Waals surface area contributed by atoms with Gasteiger partial charge >= 0.3 is 0 Å². The van der Waals surface area contributed by atoms with E-state index in [4.69, 9.17) is 13.8 Å². The number of nitrogens with zero attached hydrogens (tertiary/aromatic N) is 1. The standard InChI is InChI=1S/C44H27NO2S/c1-2-8-27(9-3-1)25-45-26-31-10-6-13-39-43(31)35-23-30(18-21-37(35)46-39)32-12-7-14-40-44(32)36-22-28(17-20-38(36)47-40)29-16-19-34-33-11-4-5-15-41(33)48-42(34)24-29/h1-24,26H,25H2. The number of hydrogen-bond acceptors (Lipinski definition) is 4. The lowest BCUT2D eigenvalue weighted by atomic mass is 9.96. The van der Waals surface area contributed by atoms with Crippen molar-refractivity contribution in [1.82, 2.24) is 0 Å². The van der Waals surface area contributed by atoms with Crippen LogP contribution in [0.4, 0.5) is 0 Å². The van der Waals surface area contributed by atoms with Crippen LogP contribution in [-0.2, 0) is 6.54 Å². The first-order valence-corrected chi connectivity index (χ1v) is 16.9. The van der Waals surface area contributed by atoms with E-state index in [1.165, 1.54) is 36.9 Å². The lowest BCUT2D eigenvalue weighted by Gasteiger charge is -2.06. The van der Waals surface area contributed by atoms with Gasteiger partial charge in [-0.3, -0.25) is 4.99 Å². The third kappa shape index (κ3) is 4.38. The van der Waals surface area contributed by atoms with Crippen molar-refractivity contribution >= 4 is 81.6 Å². The fourth-order valence-corrected chi connectivity index (χ4v) is 8.26. The predicted molar refractivity (Wildman–Crippen MR) is 202 cm³/mol. The third-order valence-electron chi connectivity index (χ3n) is 9.39. The minimum Gasteiger partial charge on any atom is -0.456 e. The van der Waals surface area contributed by atoms with Crippen molar-refractivity contribution in [3.05, 3.63) is 157 Å². The molecule has 3 heterocycles. The van der Waals surface area contributed by atoms with Gasteiger partial charge < -0.3 is 8.83 Å². The van der Waals surface area contributed by atoms with Gasteiger partial charge in [0.05, 0.1) is 6.54 Å². The highest BCUT2D eigenvalue weighted by molar-refractivity contribution is 7.25. The van der Waals surface area contributed by atoms with Gasteiger partial charge in [-0.1, -0.05) is 97.1 Å². The Hall–Kier alpha value is -5.97. The largest absolute Gasteiger partial charge is 0.456 e. The molecule has 0 aliphatic rings. The van der Waals surface area contributed by atoms with Gasteiger partial charge in [0, 0.05) is 53.5 Å². The van der Waals surface area contributed by atoms with Crippen molar-refractivity contribution in [2.45, 2.75) is 6.54 Å². The van der Waals surface area contributed by atoms with Crippen LogP contribution in [0.1, 0.15) is 11.1 Å². The molecule has 0 aliphatic heterocycles. The number of furan rings is 2. The Balaban J connectivity index is 1.10. The lowest BCUT2D eigenvalue weighted by Crippen LogP contribution is -1.86. The Labute approximate surface area is 280 Å². The molecule has 226 valence electrons. The Kier molecular flexibility index (Phi) is 6.11. The molecule has 0 bridgehead atoms.